The number of rotatable bonds is 9. The quantitative estimate of drug-likeness (QED) is 0.409. The molecule has 6 nitrogen and oxygen atoms in total. The summed E-state index contributed by atoms with van der Waals surface area (Å²) >= 11 is 0. The summed E-state index contributed by atoms with van der Waals surface area (Å²) in [5, 5.41) is 5.94. The van der Waals surface area contributed by atoms with Gasteiger partial charge in [-0.3, -0.25) is 9.59 Å². The zero-order valence-electron chi connectivity index (χ0n) is 21.6. The van der Waals surface area contributed by atoms with Gasteiger partial charge in [-0.25, -0.2) is 8.42 Å². The molecule has 3 aromatic rings. The van der Waals surface area contributed by atoms with Gasteiger partial charge in [-0.2, -0.15) is 0 Å². The summed E-state index contributed by atoms with van der Waals surface area (Å²) in [5.74, 6) is 0.106. The molecule has 1 aliphatic rings. The highest BCUT2D eigenvalue weighted by Gasteiger charge is 2.29. The summed E-state index contributed by atoms with van der Waals surface area (Å²) in [7, 11) is -3.28. The lowest BCUT2D eigenvalue weighted by Crippen LogP contribution is -2.41. The molecule has 0 spiro atoms. The molecule has 0 saturated heterocycles. The van der Waals surface area contributed by atoms with Gasteiger partial charge in [0, 0.05) is 16.8 Å². The van der Waals surface area contributed by atoms with Gasteiger partial charge in [0.2, 0.25) is 5.91 Å². The Kier molecular flexibility index (Phi) is 7.83. The van der Waals surface area contributed by atoms with Crippen LogP contribution in [0.5, 0.6) is 0 Å². The zero-order chi connectivity index (χ0) is 26.6. The molecule has 37 heavy (non-hydrogen) atoms. The molecule has 0 radical (unpaired) electrons. The van der Waals surface area contributed by atoms with Crippen molar-refractivity contribution >= 4 is 27.3 Å². The van der Waals surface area contributed by atoms with Crippen LogP contribution in [0.2, 0.25) is 0 Å². The number of nitrogens with one attached hydrogen (secondary N) is 2. The molecule has 0 aromatic heterocycles. The van der Waals surface area contributed by atoms with E-state index in [0.717, 1.165) is 29.5 Å². The number of carbonyl (C=O) groups is 2. The molecule has 1 saturated carbocycles. The molecule has 4 rings (SSSR count). The van der Waals surface area contributed by atoms with Crippen LogP contribution in [-0.4, -0.2) is 31.5 Å². The molecular formula is C30H34N2O4S. The van der Waals surface area contributed by atoms with Gasteiger partial charge in [-0.05, 0) is 93.0 Å². The van der Waals surface area contributed by atoms with Crippen LogP contribution in [0.1, 0.15) is 60.7 Å². The van der Waals surface area contributed by atoms with E-state index in [1.807, 2.05) is 57.2 Å². The average molecular weight is 519 g/mol. The van der Waals surface area contributed by atoms with Crippen molar-refractivity contribution in [1.82, 2.24) is 5.32 Å². The van der Waals surface area contributed by atoms with Crippen molar-refractivity contribution in [3.05, 3.63) is 95.1 Å². The maximum Gasteiger partial charge on any atom is 0.251 e. The van der Waals surface area contributed by atoms with E-state index in [1.54, 1.807) is 36.4 Å². The van der Waals surface area contributed by atoms with Crippen LogP contribution in [0.25, 0.3) is 0 Å². The molecule has 1 aliphatic carbocycles. The van der Waals surface area contributed by atoms with Crippen LogP contribution in [0.3, 0.4) is 0 Å². The monoisotopic (exact) mass is 518 g/mol. The Hall–Kier alpha value is -3.45. The Morgan fingerprint density at radius 1 is 0.892 bits per heavy atom. The number of hydrogen-bond acceptors (Lipinski definition) is 4. The number of carbonyl (C=O) groups excluding carboxylic acids is 2. The minimum atomic E-state index is -3.28. The maximum atomic E-state index is 13.0. The van der Waals surface area contributed by atoms with E-state index < -0.39 is 9.84 Å². The van der Waals surface area contributed by atoms with Crippen LogP contribution < -0.4 is 10.6 Å². The summed E-state index contributed by atoms with van der Waals surface area (Å²) in [4.78, 5) is 26.1. The molecule has 0 aliphatic heterocycles. The minimum absolute atomic E-state index is 0.114. The van der Waals surface area contributed by atoms with Crippen molar-refractivity contribution in [2.45, 2.75) is 56.9 Å². The summed E-state index contributed by atoms with van der Waals surface area (Å²) < 4.78 is 24.9. The third-order valence-corrected chi connectivity index (χ3v) is 8.06. The Balaban J connectivity index is 1.47. The first-order valence-electron chi connectivity index (χ1n) is 12.6. The minimum Gasteiger partial charge on any atom is -0.347 e. The van der Waals surface area contributed by atoms with E-state index in [2.05, 4.69) is 10.6 Å². The highest BCUT2D eigenvalue weighted by Crippen LogP contribution is 2.32. The van der Waals surface area contributed by atoms with Crippen LogP contribution in [0.4, 0.5) is 5.69 Å². The van der Waals surface area contributed by atoms with Gasteiger partial charge in [0.1, 0.15) is 0 Å². The molecule has 2 N–H and O–H groups in total. The molecule has 194 valence electrons. The largest absolute Gasteiger partial charge is 0.347 e. The topological polar surface area (TPSA) is 92.3 Å². The SMILES string of the molecule is CC(C)(C)NC(=O)c1ccc(NC(=O)Cc2ccc(S(=O)(=O)CC3CC3)cc2)cc1Cc1ccccc1. The van der Waals surface area contributed by atoms with Crippen molar-refractivity contribution in [2.24, 2.45) is 5.92 Å². The second-order valence-corrected chi connectivity index (χ2v) is 12.9. The van der Waals surface area contributed by atoms with E-state index >= 15 is 0 Å². The third-order valence-electron chi connectivity index (χ3n) is 6.16. The lowest BCUT2D eigenvalue weighted by Gasteiger charge is -2.22. The first-order chi connectivity index (χ1) is 17.5. The number of benzene rings is 3. The Labute approximate surface area is 219 Å². The van der Waals surface area contributed by atoms with Crippen LogP contribution in [0, 0.1) is 5.92 Å². The Morgan fingerprint density at radius 3 is 2.19 bits per heavy atom. The lowest BCUT2D eigenvalue weighted by atomic mass is 9.97. The van der Waals surface area contributed by atoms with Crippen molar-refractivity contribution in [3.63, 3.8) is 0 Å². The van der Waals surface area contributed by atoms with E-state index in [0.29, 0.717) is 22.6 Å². The van der Waals surface area contributed by atoms with Gasteiger partial charge in [-0.1, -0.05) is 42.5 Å². The summed E-state index contributed by atoms with van der Waals surface area (Å²) in [6.45, 7) is 5.81. The third kappa shape index (κ3) is 7.76. The average Bonchev–Trinajstić information content (AvgIpc) is 3.62. The van der Waals surface area contributed by atoms with Gasteiger partial charge in [0.15, 0.2) is 9.84 Å². The Morgan fingerprint density at radius 2 is 1.57 bits per heavy atom. The Bertz CT molecular complexity index is 1370. The first-order valence-corrected chi connectivity index (χ1v) is 14.2. The van der Waals surface area contributed by atoms with Crippen molar-refractivity contribution in [1.29, 1.82) is 0 Å². The van der Waals surface area contributed by atoms with Gasteiger partial charge < -0.3 is 10.6 Å². The number of sulfone groups is 1. The fraction of sp³-hybridized carbons (Fsp3) is 0.333. The van der Waals surface area contributed by atoms with Crippen LogP contribution in [0.15, 0.2) is 77.7 Å². The van der Waals surface area contributed by atoms with Crippen molar-refractivity contribution in [2.75, 3.05) is 11.1 Å². The predicted molar refractivity (Wildman–Crippen MR) is 146 cm³/mol. The number of anilines is 1. The second-order valence-electron chi connectivity index (χ2n) is 10.8. The van der Waals surface area contributed by atoms with E-state index in [9.17, 15) is 18.0 Å². The van der Waals surface area contributed by atoms with E-state index in [4.69, 9.17) is 0 Å². The molecule has 3 aromatic carbocycles. The van der Waals surface area contributed by atoms with E-state index in [-0.39, 0.29) is 35.4 Å². The molecule has 0 bridgehead atoms. The van der Waals surface area contributed by atoms with Crippen molar-refractivity contribution < 1.29 is 18.0 Å². The molecule has 0 atom stereocenters. The van der Waals surface area contributed by atoms with Gasteiger partial charge in [0.05, 0.1) is 17.1 Å². The first kappa shape index (κ1) is 26.6. The molecular weight excluding hydrogens is 484 g/mol. The predicted octanol–water partition coefficient (Wildman–Crippen LogP) is 5.17. The van der Waals surface area contributed by atoms with Crippen LogP contribution in [-0.2, 0) is 27.5 Å². The summed E-state index contributed by atoms with van der Waals surface area (Å²) in [5.41, 5.74) is 3.41. The number of amides is 2. The fourth-order valence-corrected chi connectivity index (χ4v) is 5.86. The maximum absolute atomic E-state index is 13.0. The van der Waals surface area contributed by atoms with E-state index in [1.165, 1.54) is 0 Å². The smallest absolute Gasteiger partial charge is 0.251 e. The van der Waals surface area contributed by atoms with Gasteiger partial charge in [0.25, 0.3) is 5.91 Å². The number of hydrogen-bond donors (Lipinski definition) is 2. The molecule has 1 fully saturated rings. The summed E-state index contributed by atoms with van der Waals surface area (Å²) in [6.07, 6.45) is 2.62. The summed E-state index contributed by atoms with van der Waals surface area (Å²) in [6, 6.07) is 21.7. The standard InChI is InChI=1S/C30H34N2O4S/c1-30(2,3)32-29(34)27-16-13-25(19-24(27)17-21-7-5-4-6-8-21)31-28(33)18-22-11-14-26(15-12-22)37(35,36)20-23-9-10-23/h4-8,11-16,19,23H,9-10,17-18,20H2,1-3H3,(H,31,33)(H,32,34). The molecule has 0 heterocycles. The second kappa shape index (κ2) is 10.9. The van der Waals surface area contributed by atoms with Gasteiger partial charge in [-0.15, -0.1) is 0 Å². The van der Waals surface area contributed by atoms with Crippen LogP contribution >= 0.6 is 0 Å². The molecule has 0 unspecified atom stereocenters. The molecule has 2 amide bonds. The zero-order valence-corrected chi connectivity index (χ0v) is 22.4. The lowest BCUT2D eigenvalue weighted by molar-refractivity contribution is -0.115. The van der Waals surface area contributed by atoms with Crippen molar-refractivity contribution in [3.8, 4) is 0 Å². The fourth-order valence-electron chi connectivity index (χ4n) is 4.16. The highest BCUT2D eigenvalue weighted by molar-refractivity contribution is 7.91. The normalized spacial score (nSPS) is 13.7. The van der Waals surface area contributed by atoms with Gasteiger partial charge >= 0.3 is 0 Å². The molecule has 7 heteroatoms. The highest BCUT2D eigenvalue weighted by atomic mass is 32.2.